The van der Waals surface area contributed by atoms with Gasteiger partial charge in [0.05, 0.1) is 12.0 Å². The van der Waals surface area contributed by atoms with Crippen molar-refractivity contribution in [1.82, 2.24) is 15.5 Å². The lowest BCUT2D eigenvalue weighted by Crippen LogP contribution is -2.27. The van der Waals surface area contributed by atoms with Crippen molar-refractivity contribution in [3.05, 3.63) is 75.2 Å². The standard InChI is InChI=1S/C22H20F2N4O4S/c1-2-13-3-6-15(7-4-13)26-21(31)22-28-27-18(33-22)12-32-19(29)9-10-25-20(30)16-8-5-14(23)11-17(16)24/h3-8,11H,2,9-10,12H2,1H3,(H,25,30)(H,26,31). The van der Waals surface area contributed by atoms with Crippen LogP contribution in [0.1, 0.15) is 44.1 Å². The van der Waals surface area contributed by atoms with Gasteiger partial charge >= 0.3 is 5.97 Å². The molecule has 0 spiro atoms. The molecule has 0 saturated heterocycles. The number of nitrogens with one attached hydrogen (secondary N) is 2. The van der Waals surface area contributed by atoms with Gasteiger partial charge in [-0.25, -0.2) is 8.78 Å². The minimum atomic E-state index is -0.996. The molecule has 2 N–H and O–H groups in total. The van der Waals surface area contributed by atoms with E-state index < -0.39 is 29.4 Å². The predicted molar refractivity (Wildman–Crippen MR) is 117 cm³/mol. The molecule has 2 aromatic carbocycles. The van der Waals surface area contributed by atoms with Crippen LogP contribution >= 0.6 is 11.3 Å². The Kier molecular flexibility index (Phi) is 8.14. The van der Waals surface area contributed by atoms with E-state index >= 15 is 0 Å². The fourth-order valence-corrected chi connectivity index (χ4v) is 3.32. The molecule has 3 rings (SSSR count). The number of anilines is 1. The van der Waals surface area contributed by atoms with E-state index in [4.69, 9.17) is 4.74 Å². The number of carbonyl (C=O) groups is 3. The fourth-order valence-electron chi connectivity index (χ4n) is 2.67. The van der Waals surface area contributed by atoms with Crippen LogP contribution in [0.2, 0.25) is 0 Å². The second-order valence-electron chi connectivity index (χ2n) is 6.80. The molecule has 1 heterocycles. The lowest BCUT2D eigenvalue weighted by molar-refractivity contribution is -0.144. The van der Waals surface area contributed by atoms with Gasteiger partial charge in [-0.15, -0.1) is 10.2 Å². The van der Waals surface area contributed by atoms with Crippen molar-refractivity contribution in [2.75, 3.05) is 11.9 Å². The van der Waals surface area contributed by atoms with E-state index in [9.17, 15) is 23.2 Å². The number of esters is 1. The monoisotopic (exact) mass is 474 g/mol. The molecule has 0 unspecified atom stereocenters. The first-order chi connectivity index (χ1) is 15.9. The van der Waals surface area contributed by atoms with Crippen LogP contribution in [0.3, 0.4) is 0 Å². The molecular weight excluding hydrogens is 454 g/mol. The SMILES string of the molecule is CCc1ccc(NC(=O)c2nnc(COC(=O)CCNC(=O)c3ccc(F)cc3F)s2)cc1. The summed E-state index contributed by atoms with van der Waals surface area (Å²) in [5.41, 5.74) is 1.45. The number of amides is 2. The van der Waals surface area contributed by atoms with Crippen molar-refractivity contribution in [3.63, 3.8) is 0 Å². The predicted octanol–water partition coefficient (Wildman–Crippen LogP) is 3.49. The maximum atomic E-state index is 13.6. The second kappa shape index (κ2) is 11.2. The third-order valence-corrected chi connectivity index (χ3v) is 5.32. The van der Waals surface area contributed by atoms with Gasteiger partial charge in [-0.2, -0.15) is 0 Å². The van der Waals surface area contributed by atoms with E-state index in [-0.39, 0.29) is 30.1 Å². The Morgan fingerprint density at radius 2 is 1.79 bits per heavy atom. The molecule has 8 nitrogen and oxygen atoms in total. The Hall–Kier alpha value is -3.73. The van der Waals surface area contributed by atoms with E-state index in [2.05, 4.69) is 20.8 Å². The van der Waals surface area contributed by atoms with E-state index in [0.29, 0.717) is 16.8 Å². The number of ether oxygens (including phenoxy) is 1. The van der Waals surface area contributed by atoms with Gasteiger partial charge in [0.1, 0.15) is 18.2 Å². The number of halogens is 2. The summed E-state index contributed by atoms with van der Waals surface area (Å²) >= 11 is 0.985. The van der Waals surface area contributed by atoms with Crippen molar-refractivity contribution < 1.29 is 27.9 Å². The van der Waals surface area contributed by atoms with Crippen molar-refractivity contribution in [2.45, 2.75) is 26.4 Å². The summed E-state index contributed by atoms with van der Waals surface area (Å²) in [7, 11) is 0. The Morgan fingerprint density at radius 3 is 2.48 bits per heavy atom. The molecule has 33 heavy (non-hydrogen) atoms. The zero-order valence-electron chi connectivity index (χ0n) is 17.6. The normalized spacial score (nSPS) is 10.5. The molecule has 0 saturated carbocycles. The zero-order chi connectivity index (χ0) is 23.8. The van der Waals surface area contributed by atoms with Gasteiger partial charge < -0.3 is 15.4 Å². The van der Waals surface area contributed by atoms with Crippen LogP contribution in [0.5, 0.6) is 0 Å². The van der Waals surface area contributed by atoms with Crippen LogP contribution < -0.4 is 10.6 Å². The first-order valence-electron chi connectivity index (χ1n) is 9.97. The summed E-state index contributed by atoms with van der Waals surface area (Å²) in [5, 5.41) is 13.2. The van der Waals surface area contributed by atoms with E-state index in [1.54, 1.807) is 12.1 Å². The van der Waals surface area contributed by atoms with Gasteiger partial charge in [0.25, 0.3) is 11.8 Å². The Balaban J connectivity index is 1.41. The highest BCUT2D eigenvalue weighted by atomic mass is 32.1. The lowest BCUT2D eigenvalue weighted by atomic mass is 10.1. The number of benzene rings is 2. The third kappa shape index (κ3) is 6.88. The molecule has 0 aliphatic heterocycles. The summed E-state index contributed by atoms with van der Waals surface area (Å²) in [6, 6.07) is 10.0. The summed E-state index contributed by atoms with van der Waals surface area (Å²) in [4.78, 5) is 36.0. The number of nitrogens with zero attached hydrogens (tertiary/aromatic N) is 2. The van der Waals surface area contributed by atoms with Gasteiger partial charge in [-0.05, 0) is 36.2 Å². The second-order valence-corrected chi connectivity index (χ2v) is 7.86. The Bertz CT molecular complexity index is 1150. The molecule has 0 atom stereocenters. The molecular formula is C22H20F2N4O4S. The average Bonchev–Trinajstić information content (AvgIpc) is 3.27. The van der Waals surface area contributed by atoms with Crippen molar-refractivity contribution in [2.24, 2.45) is 0 Å². The van der Waals surface area contributed by atoms with Crippen molar-refractivity contribution >= 4 is 34.8 Å². The van der Waals surface area contributed by atoms with Crippen LogP contribution in [0.4, 0.5) is 14.5 Å². The molecule has 0 bridgehead atoms. The molecule has 0 aliphatic rings. The van der Waals surface area contributed by atoms with Gasteiger partial charge in [-0.1, -0.05) is 30.4 Å². The summed E-state index contributed by atoms with van der Waals surface area (Å²) in [5.74, 6) is -3.62. The fraction of sp³-hybridized carbons (Fsp3) is 0.227. The molecule has 0 fully saturated rings. The maximum Gasteiger partial charge on any atom is 0.307 e. The largest absolute Gasteiger partial charge is 0.458 e. The topological polar surface area (TPSA) is 110 Å². The van der Waals surface area contributed by atoms with Crippen LogP contribution in [0.25, 0.3) is 0 Å². The van der Waals surface area contributed by atoms with Gasteiger partial charge in [0.2, 0.25) is 5.01 Å². The van der Waals surface area contributed by atoms with Crippen LogP contribution in [-0.2, 0) is 22.6 Å². The highest BCUT2D eigenvalue weighted by molar-refractivity contribution is 7.13. The quantitative estimate of drug-likeness (QED) is 0.460. The average molecular weight is 474 g/mol. The smallest absolute Gasteiger partial charge is 0.307 e. The van der Waals surface area contributed by atoms with E-state index in [1.165, 1.54) is 0 Å². The Labute approximate surface area is 192 Å². The van der Waals surface area contributed by atoms with Gasteiger partial charge in [0.15, 0.2) is 5.01 Å². The number of hydrogen-bond acceptors (Lipinski definition) is 7. The minimum Gasteiger partial charge on any atom is -0.458 e. The maximum absolute atomic E-state index is 13.6. The van der Waals surface area contributed by atoms with E-state index in [0.717, 1.165) is 35.5 Å². The molecule has 172 valence electrons. The minimum absolute atomic E-state index is 0.102. The molecule has 3 aromatic rings. The molecule has 1 aromatic heterocycles. The van der Waals surface area contributed by atoms with Crippen LogP contribution in [0.15, 0.2) is 42.5 Å². The van der Waals surface area contributed by atoms with Crippen LogP contribution in [-0.4, -0.2) is 34.5 Å². The lowest BCUT2D eigenvalue weighted by Gasteiger charge is -2.06. The van der Waals surface area contributed by atoms with Crippen molar-refractivity contribution in [1.29, 1.82) is 0 Å². The first-order valence-corrected chi connectivity index (χ1v) is 10.8. The van der Waals surface area contributed by atoms with Gasteiger partial charge in [-0.3, -0.25) is 14.4 Å². The number of carbonyl (C=O) groups excluding carboxylic acids is 3. The summed E-state index contributed by atoms with van der Waals surface area (Å²) in [6.45, 7) is 1.75. The first kappa shape index (κ1) is 23.9. The number of aromatic nitrogens is 2. The highest BCUT2D eigenvalue weighted by Crippen LogP contribution is 2.15. The van der Waals surface area contributed by atoms with E-state index in [1.807, 2.05) is 19.1 Å². The van der Waals surface area contributed by atoms with Gasteiger partial charge in [0, 0.05) is 18.3 Å². The molecule has 11 heteroatoms. The molecule has 0 radical (unpaired) electrons. The third-order valence-electron chi connectivity index (χ3n) is 4.43. The Morgan fingerprint density at radius 1 is 1.03 bits per heavy atom. The number of aryl methyl sites for hydroxylation is 1. The number of rotatable bonds is 9. The highest BCUT2D eigenvalue weighted by Gasteiger charge is 2.15. The summed E-state index contributed by atoms with van der Waals surface area (Å²) in [6.07, 6.45) is 0.723. The summed E-state index contributed by atoms with van der Waals surface area (Å²) < 4.78 is 31.5. The van der Waals surface area contributed by atoms with Crippen molar-refractivity contribution in [3.8, 4) is 0 Å². The van der Waals surface area contributed by atoms with Crippen LogP contribution in [0, 0.1) is 11.6 Å². The molecule has 0 aliphatic carbocycles. The zero-order valence-corrected chi connectivity index (χ0v) is 18.4. The molecule has 2 amide bonds. The number of hydrogen-bond donors (Lipinski definition) is 2.